The number of rotatable bonds is 6. The molecule has 9 nitrogen and oxygen atoms in total. The van der Waals surface area contributed by atoms with E-state index in [1.807, 2.05) is 0 Å². The van der Waals surface area contributed by atoms with E-state index in [0.717, 1.165) is 0 Å². The number of hydrogen-bond acceptors (Lipinski definition) is 7. The number of hydrogen-bond donors (Lipinski definition) is 2. The van der Waals surface area contributed by atoms with E-state index in [1.54, 1.807) is 68.7 Å². The second-order valence-corrected chi connectivity index (χ2v) is 6.17. The van der Waals surface area contributed by atoms with Crippen LogP contribution in [0.25, 0.3) is 0 Å². The minimum absolute atomic E-state index is 0.366. The number of hydrazone groups is 2. The second-order valence-electron chi connectivity index (χ2n) is 6.17. The second kappa shape index (κ2) is 9.78. The zero-order valence-corrected chi connectivity index (χ0v) is 16.4. The lowest BCUT2D eigenvalue weighted by atomic mass is 10.2. The number of amides is 2. The summed E-state index contributed by atoms with van der Waals surface area (Å²) < 4.78 is 0. The third-order valence-electron chi connectivity index (χ3n) is 3.99. The topological polar surface area (TPSA) is 122 Å². The van der Waals surface area contributed by atoms with Crippen molar-refractivity contribution in [2.75, 3.05) is 0 Å². The van der Waals surface area contributed by atoms with Gasteiger partial charge < -0.3 is 0 Å². The van der Waals surface area contributed by atoms with Gasteiger partial charge in [-0.3, -0.25) is 19.6 Å². The molecule has 3 heterocycles. The number of aromatic nitrogens is 3. The Morgan fingerprint density at radius 1 is 0.733 bits per heavy atom. The van der Waals surface area contributed by atoms with E-state index in [0.29, 0.717) is 33.9 Å². The molecule has 150 valence electrons. The number of nitrogens with zero attached hydrogens (tertiary/aromatic N) is 5. The molecule has 0 unspecified atom stereocenters. The summed E-state index contributed by atoms with van der Waals surface area (Å²) in [5.74, 6) is -0.732. The number of carbonyl (C=O) groups excluding carboxylic acids is 2. The molecule has 2 N–H and O–H groups in total. The van der Waals surface area contributed by atoms with Gasteiger partial charge in [-0.05, 0) is 50.2 Å². The van der Waals surface area contributed by atoms with E-state index in [9.17, 15) is 9.59 Å². The normalized spacial score (nSPS) is 11.7. The van der Waals surface area contributed by atoms with Crippen molar-refractivity contribution < 1.29 is 9.59 Å². The maximum absolute atomic E-state index is 12.1. The first-order valence-electron chi connectivity index (χ1n) is 9.01. The number of carbonyl (C=O) groups is 2. The average molecular weight is 401 g/mol. The molecule has 0 bridgehead atoms. The Morgan fingerprint density at radius 3 is 1.60 bits per heavy atom. The van der Waals surface area contributed by atoms with Gasteiger partial charge in [-0.1, -0.05) is 6.07 Å². The van der Waals surface area contributed by atoms with Crippen molar-refractivity contribution in [1.29, 1.82) is 0 Å². The molecule has 0 aliphatic heterocycles. The SMILES string of the molecule is CC(=NNC(=O)c1cccnc1)c1cccc(C(C)=NNC(=O)c2cccnc2)n1. The Balaban J connectivity index is 1.68. The first kappa shape index (κ1) is 20.5. The smallest absolute Gasteiger partial charge is 0.267 e. The standard InChI is InChI=1S/C21H19N7O2/c1-14(25-27-20(29)16-6-4-10-22-12-16)18-8-3-9-19(24-18)15(2)26-28-21(30)17-7-5-11-23-13-17/h3-13H,1-2H3,(H,27,29)(H,28,30). The summed E-state index contributed by atoms with van der Waals surface area (Å²) in [6, 6.07) is 12.0. The minimum atomic E-state index is -0.366. The molecule has 0 spiro atoms. The lowest BCUT2D eigenvalue weighted by molar-refractivity contribution is 0.0946. The summed E-state index contributed by atoms with van der Waals surface area (Å²) in [4.78, 5) is 36.4. The Morgan fingerprint density at radius 2 is 1.20 bits per heavy atom. The van der Waals surface area contributed by atoms with Gasteiger partial charge in [0.15, 0.2) is 0 Å². The molecule has 9 heteroatoms. The van der Waals surface area contributed by atoms with Crippen molar-refractivity contribution in [2.45, 2.75) is 13.8 Å². The highest BCUT2D eigenvalue weighted by Gasteiger charge is 2.08. The van der Waals surface area contributed by atoms with Crippen LogP contribution in [0.3, 0.4) is 0 Å². The highest BCUT2D eigenvalue weighted by molar-refractivity contribution is 6.02. The van der Waals surface area contributed by atoms with Gasteiger partial charge in [0.2, 0.25) is 0 Å². The molecule has 0 saturated heterocycles. The van der Waals surface area contributed by atoms with Crippen LogP contribution in [0.2, 0.25) is 0 Å². The molecule has 0 saturated carbocycles. The van der Waals surface area contributed by atoms with Crippen LogP contribution in [-0.4, -0.2) is 38.2 Å². The third kappa shape index (κ3) is 5.38. The van der Waals surface area contributed by atoms with Gasteiger partial charge in [0.05, 0.1) is 33.9 Å². The molecule has 30 heavy (non-hydrogen) atoms. The lowest BCUT2D eigenvalue weighted by Crippen LogP contribution is -2.21. The number of pyridine rings is 3. The monoisotopic (exact) mass is 401 g/mol. The molecule has 0 aromatic carbocycles. The molecule has 3 aromatic heterocycles. The quantitative estimate of drug-likeness (QED) is 0.484. The Hall–Kier alpha value is -4.27. The predicted octanol–water partition coefficient (Wildman–Crippen LogP) is 2.18. The van der Waals surface area contributed by atoms with Crippen LogP contribution in [-0.2, 0) is 0 Å². The molecule has 0 fully saturated rings. The van der Waals surface area contributed by atoms with Gasteiger partial charge in [0.1, 0.15) is 0 Å². The fraction of sp³-hybridized carbons (Fsp3) is 0.0952. The Bertz CT molecular complexity index is 1010. The summed E-state index contributed by atoms with van der Waals surface area (Å²) >= 11 is 0. The highest BCUT2D eigenvalue weighted by Crippen LogP contribution is 2.04. The fourth-order valence-corrected chi connectivity index (χ4v) is 2.34. The van der Waals surface area contributed by atoms with Crippen molar-refractivity contribution in [3.8, 4) is 0 Å². The zero-order valence-electron chi connectivity index (χ0n) is 16.4. The molecule has 0 atom stereocenters. The molecule has 0 radical (unpaired) electrons. The molecule has 2 amide bonds. The Kier molecular flexibility index (Phi) is 6.67. The van der Waals surface area contributed by atoms with E-state index in [1.165, 1.54) is 12.4 Å². The highest BCUT2D eigenvalue weighted by atomic mass is 16.2. The van der Waals surface area contributed by atoms with Gasteiger partial charge in [-0.15, -0.1) is 0 Å². The van der Waals surface area contributed by atoms with Crippen molar-refractivity contribution in [1.82, 2.24) is 25.8 Å². The average Bonchev–Trinajstić information content (AvgIpc) is 2.81. The molecule has 3 aromatic rings. The van der Waals surface area contributed by atoms with Crippen molar-refractivity contribution >= 4 is 23.2 Å². The summed E-state index contributed by atoms with van der Waals surface area (Å²) in [5, 5.41) is 8.19. The summed E-state index contributed by atoms with van der Waals surface area (Å²) in [5.41, 5.74) is 7.93. The summed E-state index contributed by atoms with van der Waals surface area (Å²) in [6.45, 7) is 3.46. The first-order valence-corrected chi connectivity index (χ1v) is 9.01. The van der Waals surface area contributed by atoms with Gasteiger partial charge in [-0.25, -0.2) is 15.8 Å². The molecule has 0 aliphatic rings. The van der Waals surface area contributed by atoms with Crippen molar-refractivity contribution in [2.24, 2.45) is 10.2 Å². The largest absolute Gasteiger partial charge is 0.272 e. The Labute approximate surface area is 173 Å². The van der Waals surface area contributed by atoms with Crippen LogP contribution in [0.4, 0.5) is 0 Å². The van der Waals surface area contributed by atoms with E-state index in [-0.39, 0.29) is 11.8 Å². The van der Waals surface area contributed by atoms with Crippen LogP contribution in [0.5, 0.6) is 0 Å². The number of nitrogens with one attached hydrogen (secondary N) is 2. The van der Waals surface area contributed by atoms with E-state index in [2.05, 4.69) is 36.0 Å². The fourth-order valence-electron chi connectivity index (χ4n) is 2.34. The third-order valence-corrected chi connectivity index (χ3v) is 3.99. The maximum atomic E-state index is 12.1. The maximum Gasteiger partial charge on any atom is 0.272 e. The van der Waals surface area contributed by atoms with Crippen LogP contribution in [0, 0.1) is 0 Å². The minimum Gasteiger partial charge on any atom is -0.267 e. The van der Waals surface area contributed by atoms with Gasteiger partial charge in [0.25, 0.3) is 11.8 Å². The van der Waals surface area contributed by atoms with Gasteiger partial charge in [0, 0.05) is 24.8 Å². The van der Waals surface area contributed by atoms with Crippen LogP contribution in [0.15, 0.2) is 77.5 Å². The van der Waals surface area contributed by atoms with Crippen molar-refractivity contribution in [3.63, 3.8) is 0 Å². The van der Waals surface area contributed by atoms with E-state index < -0.39 is 0 Å². The summed E-state index contributed by atoms with van der Waals surface area (Å²) in [6.07, 6.45) is 6.09. The molecular formula is C21H19N7O2. The predicted molar refractivity (Wildman–Crippen MR) is 112 cm³/mol. The van der Waals surface area contributed by atoms with E-state index in [4.69, 9.17) is 0 Å². The lowest BCUT2D eigenvalue weighted by Gasteiger charge is -2.06. The summed E-state index contributed by atoms with van der Waals surface area (Å²) in [7, 11) is 0. The van der Waals surface area contributed by atoms with Crippen LogP contribution < -0.4 is 10.9 Å². The van der Waals surface area contributed by atoms with Crippen LogP contribution >= 0.6 is 0 Å². The molecule has 3 rings (SSSR count). The molecular weight excluding hydrogens is 382 g/mol. The van der Waals surface area contributed by atoms with Crippen molar-refractivity contribution in [3.05, 3.63) is 89.8 Å². The zero-order chi connectivity index (χ0) is 21.3. The van der Waals surface area contributed by atoms with E-state index >= 15 is 0 Å². The van der Waals surface area contributed by atoms with Gasteiger partial charge in [-0.2, -0.15) is 10.2 Å². The first-order chi connectivity index (χ1) is 14.5. The van der Waals surface area contributed by atoms with Crippen LogP contribution in [0.1, 0.15) is 46.0 Å². The molecule has 0 aliphatic carbocycles. The van der Waals surface area contributed by atoms with Gasteiger partial charge >= 0.3 is 0 Å².